The highest BCUT2D eigenvalue weighted by Gasteiger charge is 2.24. The van der Waals surface area contributed by atoms with Crippen molar-refractivity contribution in [2.24, 2.45) is 0 Å². The average Bonchev–Trinajstić information content (AvgIpc) is 2.67. The van der Waals surface area contributed by atoms with E-state index < -0.39 is 6.09 Å². The number of pyridine rings is 1. The highest BCUT2D eigenvalue weighted by Crippen LogP contribution is 2.16. The first kappa shape index (κ1) is 18.4. The van der Waals surface area contributed by atoms with E-state index in [1.54, 1.807) is 6.20 Å². The molecule has 8 heteroatoms. The van der Waals surface area contributed by atoms with E-state index in [1.165, 1.54) is 4.90 Å². The van der Waals surface area contributed by atoms with Gasteiger partial charge in [-0.05, 0) is 26.0 Å². The summed E-state index contributed by atoms with van der Waals surface area (Å²) in [6.45, 7) is 9.83. The first-order valence-corrected chi connectivity index (χ1v) is 9.18. The molecule has 0 aliphatic carbocycles. The third kappa shape index (κ3) is 4.07. The summed E-state index contributed by atoms with van der Waals surface area (Å²) in [6.07, 6.45) is 0.756. The van der Waals surface area contributed by atoms with Gasteiger partial charge in [-0.1, -0.05) is 0 Å². The fourth-order valence-electron chi connectivity index (χ4n) is 3.45. The van der Waals surface area contributed by atoms with E-state index in [2.05, 4.69) is 28.6 Å². The first-order valence-electron chi connectivity index (χ1n) is 9.18. The van der Waals surface area contributed by atoms with Gasteiger partial charge in [0.25, 0.3) is 5.91 Å². The molecule has 2 amide bonds. The Labute approximate surface area is 154 Å². The minimum atomic E-state index is -0.879. The van der Waals surface area contributed by atoms with Crippen molar-refractivity contribution < 1.29 is 14.7 Å². The van der Waals surface area contributed by atoms with Crippen molar-refractivity contribution >= 4 is 17.8 Å². The van der Waals surface area contributed by atoms with Crippen LogP contribution in [-0.4, -0.2) is 95.2 Å². The monoisotopic (exact) mass is 361 g/mol. The minimum absolute atomic E-state index is 0.0307. The van der Waals surface area contributed by atoms with E-state index >= 15 is 0 Å². The Morgan fingerprint density at radius 2 is 1.58 bits per heavy atom. The molecule has 0 unspecified atom stereocenters. The zero-order valence-electron chi connectivity index (χ0n) is 15.5. The molecule has 0 aromatic carbocycles. The van der Waals surface area contributed by atoms with Crippen molar-refractivity contribution in [3.63, 3.8) is 0 Å². The van der Waals surface area contributed by atoms with Crippen molar-refractivity contribution in [1.29, 1.82) is 0 Å². The van der Waals surface area contributed by atoms with Gasteiger partial charge in [-0.3, -0.25) is 9.69 Å². The Hall–Kier alpha value is -2.35. The summed E-state index contributed by atoms with van der Waals surface area (Å²) in [7, 11) is 0. The maximum absolute atomic E-state index is 12.7. The van der Waals surface area contributed by atoms with Gasteiger partial charge in [-0.2, -0.15) is 0 Å². The molecule has 1 aromatic rings. The van der Waals surface area contributed by atoms with Crippen LogP contribution < -0.4 is 4.90 Å². The number of piperazine rings is 2. The molecule has 0 bridgehead atoms. The largest absolute Gasteiger partial charge is 0.465 e. The summed E-state index contributed by atoms with van der Waals surface area (Å²) in [5.74, 6) is 0.819. The van der Waals surface area contributed by atoms with Crippen LogP contribution in [0.15, 0.2) is 18.3 Å². The van der Waals surface area contributed by atoms with Gasteiger partial charge < -0.3 is 19.8 Å². The summed E-state index contributed by atoms with van der Waals surface area (Å²) < 4.78 is 0. The zero-order chi connectivity index (χ0) is 18.7. The van der Waals surface area contributed by atoms with Gasteiger partial charge >= 0.3 is 6.09 Å². The van der Waals surface area contributed by atoms with Crippen LogP contribution in [0.25, 0.3) is 0 Å². The van der Waals surface area contributed by atoms with Crippen LogP contribution in [0.3, 0.4) is 0 Å². The molecule has 8 nitrogen and oxygen atoms in total. The molecule has 0 radical (unpaired) electrons. The summed E-state index contributed by atoms with van der Waals surface area (Å²) in [4.78, 5) is 35.8. The molecule has 0 spiro atoms. The molecule has 2 aliphatic heterocycles. The van der Waals surface area contributed by atoms with E-state index in [9.17, 15) is 9.59 Å². The van der Waals surface area contributed by atoms with Crippen LogP contribution in [0.2, 0.25) is 0 Å². The van der Waals surface area contributed by atoms with Gasteiger partial charge in [-0.15, -0.1) is 0 Å². The maximum Gasteiger partial charge on any atom is 0.407 e. The van der Waals surface area contributed by atoms with Crippen molar-refractivity contribution in [1.82, 2.24) is 19.7 Å². The third-order valence-corrected chi connectivity index (χ3v) is 5.20. The number of hydrogen-bond acceptors (Lipinski definition) is 5. The predicted octanol–water partition coefficient (Wildman–Crippen LogP) is 1.05. The van der Waals surface area contributed by atoms with Crippen LogP contribution in [0, 0.1) is 0 Å². The molecule has 1 aromatic heterocycles. The number of hydrogen-bond donors (Lipinski definition) is 1. The number of nitrogens with zero attached hydrogens (tertiary/aromatic N) is 5. The Morgan fingerprint density at radius 1 is 0.962 bits per heavy atom. The smallest absolute Gasteiger partial charge is 0.407 e. The van der Waals surface area contributed by atoms with Crippen LogP contribution in [-0.2, 0) is 0 Å². The minimum Gasteiger partial charge on any atom is -0.465 e. The number of amides is 2. The molecule has 0 atom stereocenters. The molecule has 1 N–H and O–H groups in total. The van der Waals surface area contributed by atoms with E-state index in [1.807, 2.05) is 17.0 Å². The second-order valence-electron chi connectivity index (χ2n) is 7.08. The fraction of sp³-hybridized carbons (Fsp3) is 0.611. The number of carbonyl (C=O) groups is 2. The van der Waals surface area contributed by atoms with Gasteiger partial charge in [0.05, 0.1) is 5.56 Å². The molecular formula is C18H27N5O3. The topological polar surface area (TPSA) is 80.2 Å². The molecule has 3 rings (SSSR count). The molecular weight excluding hydrogens is 334 g/mol. The van der Waals surface area contributed by atoms with Crippen LogP contribution in [0.1, 0.15) is 24.2 Å². The Bertz CT molecular complexity index is 633. The summed E-state index contributed by atoms with van der Waals surface area (Å²) in [5.41, 5.74) is 0.607. The lowest BCUT2D eigenvalue weighted by atomic mass is 10.2. The average molecular weight is 361 g/mol. The molecule has 142 valence electrons. The molecule has 26 heavy (non-hydrogen) atoms. The lowest BCUT2D eigenvalue weighted by Gasteiger charge is -2.37. The predicted molar refractivity (Wildman–Crippen MR) is 98.7 cm³/mol. The highest BCUT2D eigenvalue weighted by molar-refractivity contribution is 5.94. The van der Waals surface area contributed by atoms with Crippen molar-refractivity contribution in [2.75, 3.05) is 57.3 Å². The van der Waals surface area contributed by atoms with Crippen molar-refractivity contribution in [2.45, 2.75) is 19.9 Å². The SMILES string of the molecule is CC(C)N1CCN(C(=O)c2ccc(N3CCN(C(=O)O)CC3)nc2)CC1. The summed E-state index contributed by atoms with van der Waals surface area (Å²) in [6, 6.07) is 4.19. The normalized spacial score (nSPS) is 19.1. The fourth-order valence-corrected chi connectivity index (χ4v) is 3.45. The van der Waals surface area contributed by atoms with E-state index in [-0.39, 0.29) is 5.91 Å². The molecule has 3 heterocycles. The van der Waals surface area contributed by atoms with E-state index in [0.717, 1.165) is 32.0 Å². The van der Waals surface area contributed by atoms with Gasteiger partial charge in [0.2, 0.25) is 0 Å². The number of carboxylic acid groups (broad SMARTS) is 1. The lowest BCUT2D eigenvalue weighted by molar-refractivity contribution is 0.0595. The van der Waals surface area contributed by atoms with Gasteiger partial charge in [0.15, 0.2) is 0 Å². The number of aromatic nitrogens is 1. The number of rotatable bonds is 3. The first-order chi connectivity index (χ1) is 12.5. The van der Waals surface area contributed by atoms with E-state index in [4.69, 9.17) is 5.11 Å². The van der Waals surface area contributed by atoms with Crippen LogP contribution in [0.4, 0.5) is 10.6 Å². The maximum atomic E-state index is 12.7. The summed E-state index contributed by atoms with van der Waals surface area (Å²) in [5, 5.41) is 9.01. The van der Waals surface area contributed by atoms with E-state index in [0.29, 0.717) is 37.8 Å². The molecule has 2 saturated heterocycles. The number of anilines is 1. The molecule has 2 fully saturated rings. The van der Waals surface area contributed by atoms with Crippen molar-refractivity contribution in [3.8, 4) is 0 Å². The second-order valence-corrected chi connectivity index (χ2v) is 7.08. The second kappa shape index (κ2) is 7.90. The molecule has 2 aliphatic rings. The van der Waals surface area contributed by atoms with Gasteiger partial charge in [-0.25, -0.2) is 9.78 Å². The van der Waals surface area contributed by atoms with Crippen molar-refractivity contribution in [3.05, 3.63) is 23.9 Å². The Morgan fingerprint density at radius 3 is 2.08 bits per heavy atom. The standard InChI is InChI=1S/C18H27N5O3/c1-14(2)20-5-9-22(10-6-20)17(24)15-3-4-16(19-13-15)21-7-11-23(12-8-21)18(25)26/h3-4,13-14H,5-12H2,1-2H3,(H,25,26). The van der Waals surface area contributed by atoms with Gasteiger partial charge in [0.1, 0.15) is 5.82 Å². The number of carbonyl (C=O) groups excluding carboxylic acids is 1. The van der Waals surface area contributed by atoms with Gasteiger partial charge in [0, 0.05) is 64.6 Å². The summed E-state index contributed by atoms with van der Waals surface area (Å²) >= 11 is 0. The quantitative estimate of drug-likeness (QED) is 0.867. The lowest BCUT2D eigenvalue weighted by Crippen LogP contribution is -2.50. The third-order valence-electron chi connectivity index (χ3n) is 5.20. The Balaban J connectivity index is 1.56. The molecule has 0 saturated carbocycles. The Kier molecular flexibility index (Phi) is 5.61. The highest BCUT2D eigenvalue weighted by atomic mass is 16.4. The van der Waals surface area contributed by atoms with Crippen LogP contribution in [0.5, 0.6) is 0 Å². The zero-order valence-corrected chi connectivity index (χ0v) is 15.5. The van der Waals surface area contributed by atoms with Crippen LogP contribution >= 0.6 is 0 Å².